The highest BCUT2D eigenvalue weighted by molar-refractivity contribution is 7.89. The van der Waals surface area contributed by atoms with Crippen LogP contribution in [0.2, 0.25) is 15.1 Å². The van der Waals surface area contributed by atoms with Crippen molar-refractivity contribution in [3.63, 3.8) is 0 Å². The number of nitrogens with one attached hydrogen (secondary N) is 2. The van der Waals surface area contributed by atoms with E-state index >= 15 is 0 Å². The van der Waals surface area contributed by atoms with E-state index in [1.165, 1.54) is 28.6 Å². The first-order valence-corrected chi connectivity index (χ1v) is 11.4. The highest BCUT2D eigenvalue weighted by atomic mass is 35.5. The molecule has 0 atom stereocenters. The van der Waals surface area contributed by atoms with Gasteiger partial charge in [0.15, 0.2) is 0 Å². The van der Waals surface area contributed by atoms with E-state index < -0.39 is 15.9 Å². The number of hydrazine groups is 1. The van der Waals surface area contributed by atoms with Gasteiger partial charge in [0.25, 0.3) is 5.91 Å². The van der Waals surface area contributed by atoms with Gasteiger partial charge < -0.3 is 4.74 Å². The molecule has 30 heavy (non-hydrogen) atoms. The minimum Gasteiger partial charge on any atom is -0.379 e. The van der Waals surface area contributed by atoms with Crippen LogP contribution in [0.1, 0.15) is 15.9 Å². The number of sulfonamides is 1. The third-order valence-corrected chi connectivity index (χ3v) is 7.58. The van der Waals surface area contributed by atoms with Gasteiger partial charge in [-0.05, 0) is 30.3 Å². The number of carbonyl (C=O) groups excluding carboxylic acids is 1. The fourth-order valence-electron chi connectivity index (χ4n) is 2.76. The van der Waals surface area contributed by atoms with Crippen molar-refractivity contribution in [3.8, 4) is 0 Å². The van der Waals surface area contributed by atoms with Crippen LogP contribution in [0.25, 0.3) is 5.70 Å². The van der Waals surface area contributed by atoms with Gasteiger partial charge in [0.2, 0.25) is 10.0 Å². The summed E-state index contributed by atoms with van der Waals surface area (Å²) in [5.74, 6) is -0.550. The number of halogens is 3. The number of rotatable bonds is 6. The Morgan fingerprint density at radius 3 is 2.43 bits per heavy atom. The number of carbonyl (C=O) groups is 1. The zero-order valence-corrected chi connectivity index (χ0v) is 18.7. The molecular formula is C19H18Cl3N3O4S. The van der Waals surface area contributed by atoms with E-state index in [1.54, 1.807) is 12.1 Å². The first-order valence-electron chi connectivity index (χ1n) is 8.79. The molecule has 0 saturated carbocycles. The third-order valence-electron chi connectivity index (χ3n) is 4.39. The summed E-state index contributed by atoms with van der Waals surface area (Å²) in [6.45, 7) is 5.02. The van der Waals surface area contributed by atoms with Crippen molar-refractivity contribution in [1.82, 2.24) is 15.2 Å². The van der Waals surface area contributed by atoms with E-state index in [4.69, 9.17) is 39.5 Å². The van der Waals surface area contributed by atoms with Crippen LogP contribution in [0.4, 0.5) is 0 Å². The van der Waals surface area contributed by atoms with Crippen molar-refractivity contribution in [2.75, 3.05) is 26.3 Å². The second-order valence-corrected chi connectivity index (χ2v) is 9.43. The molecule has 1 fully saturated rings. The van der Waals surface area contributed by atoms with Crippen molar-refractivity contribution in [2.45, 2.75) is 4.90 Å². The molecule has 2 aromatic carbocycles. The lowest BCUT2D eigenvalue weighted by atomic mass is 10.2. The lowest BCUT2D eigenvalue weighted by Crippen LogP contribution is -2.40. The minimum absolute atomic E-state index is 0.0309. The molecule has 0 spiro atoms. The molecule has 1 aliphatic heterocycles. The Morgan fingerprint density at radius 2 is 1.73 bits per heavy atom. The van der Waals surface area contributed by atoms with Crippen LogP contribution in [-0.2, 0) is 14.8 Å². The second-order valence-electron chi connectivity index (χ2n) is 6.32. The van der Waals surface area contributed by atoms with E-state index in [2.05, 4.69) is 17.4 Å². The van der Waals surface area contributed by atoms with Crippen LogP contribution in [0.15, 0.2) is 47.9 Å². The van der Waals surface area contributed by atoms with Crippen LogP contribution >= 0.6 is 34.8 Å². The topological polar surface area (TPSA) is 87.7 Å². The Kier molecular flexibility index (Phi) is 7.28. The molecule has 0 unspecified atom stereocenters. The van der Waals surface area contributed by atoms with Gasteiger partial charge in [-0.15, -0.1) is 0 Å². The van der Waals surface area contributed by atoms with Crippen molar-refractivity contribution in [1.29, 1.82) is 0 Å². The van der Waals surface area contributed by atoms with E-state index in [-0.39, 0.29) is 39.3 Å². The maximum absolute atomic E-state index is 12.8. The van der Waals surface area contributed by atoms with Crippen molar-refractivity contribution in [2.24, 2.45) is 0 Å². The Balaban J connectivity index is 1.71. The Morgan fingerprint density at radius 1 is 1.03 bits per heavy atom. The molecule has 2 N–H and O–H groups in total. The average molecular weight is 491 g/mol. The summed E-state index contributed by atoms with van der Waals surface area (Å²) in [4.78, 5) is 12.5. The average Bonchev–Trinajstić information content (AvgIpc) is 2.76. The van der Waals surface area contributed by atoms with Crippen LogP contribution in [0.5, 0.6) is 0 Å². The SMILES string of the molecule is C=C(NNC(=O)c1cccc(S(=O)(=O)N2CCOCC2)c1)c1ccc(Cl)c(Cl)c1Cl. The first-order chi connectivity index (χ1) is 14.2. The largest absolute Gasteiger partial charge is 0.379 e. The van der Waals surface area contributed by atoms with Gasteiger partial charge in [0, 0.05) is 24.2 Å². The summed E-state index contributed by atoms with van der Waals surface area (Å²) in [6.07, 6.45) is 0. The molecule has 0 radical (unpaired) electrons. The molecule has 7 nitrogen and oxygen atoms in total. The summed E-state index contributed by atoms with van der Waals surface area (Å²) < 4.78 is 32.1. The van der Waals surface area contributed by atoms with Gasteiger partial charge in [0.05, 0.1) is 38.9 Å². The first kappa shape index (κ1) is 22.9. The predicted octanol–water partition coefficient (Wildman–Crippen LogP) is 3.57. The summed E-state index contributed by atoms with van der Waals surface area (Å²) in [6, 6.07) is 8.94. The van der Waals surface area contributed by atoms with Gasteiger partial charge in [-0.25, -0.2) is 8.42 Å². The molecule has 1 saturated heterocycles. The van der Waals surface area contributed by atoms with E-state index in [1.807, 2.05) is 0 Å². The van der Waals surface area contributed by atoms with Crippen molar-refractivity contribution >= 4 is 56.4 Å². The van der Waals surface area contributed by atoms with E-state index in [9.17, 15) is 13.2 Å². The zero-order valence-electron chi connectivity index (χ0n) is 15.6. The van der Waals surface area contributed by atoms with Gasteiger partial charge in [0.1, 0.15) is 0 Å². The third kappa shape index (κ3) is 4.91. The second kappa shape index (κ2) is 9.55. The summed E-state index contributed by atoms with van der Waals surface area (Å²) in [5, 5.41) is 0.654. The number of hydrogen-bond donors (Lipinski definition) is 2. The van der Waals surface area contributed by atoms with Crippen molar-refractivity contribution < 1.29 is 17.9 Å². The number of benzene rings is 2. The Hall–Kier alpha value is -1.81. The molecule has 3 rings (SSSR count). The van der Waals surface area contributed by atoms with Crippen LogP contribution < -0.4 is 10.9 Å². The normalized spacial score (nSPS) is 14.9. The van der Waals surface area contributed by atoms with Gasteiger partial charge >= 0.3 is 0 Å². The Labute approximate surface area is 189 Å². The number of hydrogen-bond acceptors (Lipinski definition) is 5. The molecule has 11 heteroatoms. The number of morpholine rings is 1. The molecule has 1 amide bonds. The quantitative estimate of drug-likeness (QED) is 0.477. The molecule has 1 aliphatic rings. The van der Waals surface area contributed by atoms with Gasteiger partial charge in [-0.3, -0.25) is 15.6 Å². The van der Waals surface area contributed by atoms with Crippen LogP contribution in [0, 0.1) is 0 Å². The van der Waals surface area contributed by atoms with Gasteiger partial charge in [-0.1, -0.05) is 47.4 Å². The smallest absolute Gasteiger partial charge is 0.269 e. The number of nitrogens with zero attached hydrogens (tertiary/aromatic N) is 1. The molecule has 1 heterocycles. The molecule has 0 aliphatic carbocycles. The Bertz CT molecular complexity index is 1090. The fourth-order valence-corrected chi connectivity index (χ4v) is 4.87. The molecule has 160 valence electrons. The number of ether oxygens (including phenoxy) is 1. The lowest BCUT2D eigenvalue weighted by Gasteiger charge is -2.26. The fraction of sp³-hybridized carbons (Fsp3) is 0.211. The zero-order chi connectivity index (χ0) is 21.9. The highest BCUT2D eigenvalue weighted by Gasteiger charge is 2.27. The molecule has 2 aromatic rings. The summed E-state index contributed by atoms with van der Waals surface area (Å²) in [5.41, 5.74) is 6.01. The monoisotopic (exact) mass is 489 g/mol. The highest BCUT2D eigenvalue weighted by Crippen LogP contribution is 2.34. The van der Waals surface area contributed by atoms with Gasteiger partial charge in [-0.2, -0.15) is 4.31 Å². The van der Waals surface area contributed by atoms with Crippen LogP contribution in [0.3, 0.4) is 0 Å². The van der Waals surface area contributed by atoms with E-state index in [0.717, 1.165) is 0 Å². The van der Waals surface area contributed by atoms with Crippen molar-refractivity contribution in [3.05, 3.63) is 69.2 Å². The maximum Gasteiger partial charge on any atom is 0.269 e. The standard InChI is InChI=1S/C19H18Cl3N3O4S/c1-12(15-5-6-16(20)18(22)17(15)21)23-24-19(26)13-3-2-4-14(11-13)30(27,28)25-7-9-29-10-8-25/h2-6,11,23H,1,7-10H2,(H,24,26). The molecule has 0 bridgehead atoms. The summed E-state index contributed by atoms with van der Waals surface area (Å²) in [7, 11) is -3.72. The van der Waals surface area contributed by atoms with Crippen LogP contribution in [-0.4, -0.2) is 44.9 Å². The molecular weight excluding hydrogens is 473 g/mol. The minimum atomic E-state index is -3.72. The summed E-state index contributed by atoms with van der Waals surface area (Å²) >= 11 is 18.1. The maximum atomic E-state index is 12.8. The number of amides is 1. The lowest BCUT2D eigenvalue weighted by molar-refractivity contribution is 0.0730. The molecule has 0 aromatic heterocycles. The van der Waals surface area contributed by atoms with E-state index in [0.29, 0.717) is 23.8 Å². The predicted molar refractivity (Wildman–Crippen MR) is 117 cm³/mol.